The highest BCUT2D eigenvalue weighted by molar-refractivity contribution is 9.10. The molecular formula is C13H16BrClN2O. The molecule has 1 aliphatic rings. The molecule has 5 heteroatoms. The first-order chi connectivity index (χ1) is 8.61. The number of rotatable bonds is 2. The number of carbonyl (C=O) groups excluding carboxylic acids is 1. The van der Waals surface area contributed by atoms with Crippen molar-refractivity contribution in [3.8, 4) is 0 Å². The zero-order valence-electron chi connectivity index (χ0n) is 10.2. The Morgan fingerprint density at radius 1 is 1.56 bits per heavy atom. The number of nitrogens with one attached hydrogen (secondary N) is 1. The lowest BCUT2D eigenvalue weighted by Crippen LogP contribution is -2.47. The first-order valence-electron chi connectivity index (χ1n) is 6.03. The number of piperidine rings is 1. The van der Waals surface area contributed by atoms with Crippen LogP contribution in [0.1, 0.15) is 23.2 Å². The lowest BCUT2D eigenvalue weighted by atomic mass is 10.0. The fourth-order valence-corrected chi connectivity index (χ4v) is 2.82. The number of carbonyl (C=O) groups is 1. The summed E-state index contributed by atoms with van der Waals surface area (Å²) in [5.41, 5.74) is 0.638. The topological polar surface area (TPSA) is 32.3 Å². The first-order valence-corrected chi connectivity index (χ1v) is 7.20. The van der Waals surface area contributed by atoms with Crippen molar-refractivity contribution in [3.63, 3.8) is 0 Å². The molecular weight excluding hydrogens is 316 g/mol. The highest BCUT2D eigenvalue weighted by Crippen LogP contribution is 2.24. The fourth-order valence-electron chi connectivity index (χ4n) is 2.23. The van der Waals surface area contributed by atoms with Crippen molar-refractivity contribution in [2.24, 2.45) is 0 Å². The number of likely N-dealkylation sites (N-methyl/N-ethyl adjacent to an activating group) is 1. The van der Waals surface area contributed by atoms with E-state index in [4.69, 9.17) is 11.6 Å². The minimum Gasteiger partial charge on any atom is -0.337 e. The Morgan fingerprint density at radius 3 is 3.06 bits per heavy atom. The van der Waals surface area contributed by atoms with Gasteiger partial charge in [0.2, 0.25) is 0 Å². The Labute approximate surface area is 121 Å². The van der Waals surface area contributed by atoms with E-state index in [0.29, 0.717) is 16.6 Å². The zero-order valence-corrected chi connectivity index (χ0v) is 12.6. The van der Waals surface area contributed by atoms with Gasteiger partial charge in [-0.2, -0.15) is 0 Å². The summed E-state index contributed by atoms with van der Waals surface area (Å²) in [7, 11) is 1.94. The molecule has 18 heavy (non-hydrogen) atoms. The molecule has 1 atom stereocenters. The molecule has 1 aromatic carbocycles. The largest absolute Gasteiger partial charge is 0.337 e. The van der Waals surface area contributed by atoms with E-state index in [2.05, 4.69) is 21.2 Å². The van der Waals surface area contributed by atoms with Crippen LogP contribution in [0.5, 0.6) is 0 Å². The van der Waals surface area contributed by atoms with Crippen molar-refractivity contribution >= 4 is 33.4 Å². The van der Waals surface area contributed by atoms with E-state index in [1.54, 1.807) is 12.1 Å². The van der Waals surface area contributed by atoms with Crippen molar-refractivity contribution in [3.05, 3.63) is 33.3 Å². The van der Waals surface area contributed by atoms with Crippen molar-refractivity contribution in [1.29, 1.82) is 0 Å². The van der Waals surface area contributed by atoms with Gasteiger partial charge in [-0.1, -0.05) is 11.6 Å². The van der Waals surface area contributed by atoms with Gasteiger partial charge in [0.15, 0.2) is 0 Å². The molecule has 1 amide bonds. The maximum atomic E-state index is 12.4. The number of halogens is 2. The quantitative estimate of drug-likeness (QED) is 0.904. The van der Waals surface area contributed by atoms with Crippen molar-refractivity contribution in [2.75, 3.05) is 20.1 Å². The van der Waals surface area contributed by atoms with Crippen molar-refractivity contribution in [1.82, 2.24) is 10.2 Å². The molecule has 0 spiro atoms. The monoisotopic (exact) mass is 330 g/mol. The Kier molecular flexibility index (Phi) is 4.65. The second-order valence-electron chi connectivity index (χ2n) is 4.50. The Bertz CT molecular complexity index is 453. The fraction of sp³-hybridized carbons (Fsp3) is 0.462. The summed E-state index contributed by atoms with van der Waals surface area (Å²) >= 11 is 9.36. The molecule has 0 saturated carbocycles. The summed E-state index contributed by atoms with van der Waals surface area (Å²) in [4.78, 5) is 14.3. The number of hydrogen-bond donors (Lipinski definition) is 1. The third kappa shape index (κ3) is 3.05. The third-order valence-corrected chi connectivity index (χ3v) is 4.20. The van der Waals surface area contributed by atoms with E-state index in [0.717, 1.165) is 30.4 Å². The normalized spacial score (nSPS) is 19.9. The van der Waals surface area contributed by atoms with Crippen LogP contribution in [0.3, 0.4) is 0 Å². The van der Waals surface area contributed by atoms with E-state index in [1.807, 2.05) is 18.0 Å². The zero-order chi connectivity index (χ0) is 13.1. The average molecular weight is 332 g/mol. The molecule has 0 aromatic heterocycles. The minimum atomic E-state index is 0.0457. The maximum Gasteiger partial charge on any atom is 0.255 e. The highest BCUT2D eigenvalue weighted by atomic mass is 79.9. The van der Waals surface area contributed by atoms with E-state index >= 15 is 0 Å². The van der Waals surface area contributed by atoms with Gasteiger partial charge in [0.1, 0.15) is 0 Å². The standard InChI is InChI=1S/C13H16BrClN2O/c1-16-10-3-2-6-17(8-10)13(18)11-7-9(15)4-5-12(11)14/h4-5,7,10,16H,2-3,6,8H2,1H3/t10-/m1/s1. The van der Waals surface area contributed by atoms with Crippen LogP contribution >= 0.6 is 27.5 Å². The molecule has 0 bridgehead atoms. The second kappa shape index (κ2) is 6.04. The Balaban J connectivity index is 2.17. The number of nitrogens with zero attached hydrogens (tertiary/aromatic N) is 1. The smallest absolute Gasteiger partial charge is 0.255 e. The molecule has 2 rings (SSSR count). The summed E-state index contributed by atoms with van der Waals surface area (Å²) in [5.74, 6) is 0.0457. The molecule has 1 aromatic rings. The lowest BCUT2D eigenvalue weighted by Gasteiger charge is -2.32. The molecule has 1 fully saturated rings. The Hall–Kier alpha value is -0.580. The third-order valence-electron chi connectivity index (χ3n) is 3.28. The van der Waals surface area contributed by atoms with Crippen LogP contribution in [0.15, 0.2) is 22.7 Å². The predicted molar refractivity (Wildman–Crippen MR) is 77.1 cm³/mol. The van der Waals surface area contributed by atoms with Crippen LogP contribution in [0, 0.1) is 0 Å². The van der Waals surface area contributed by atoms with Crippen LogP contribution in [0.2, 0.25) is 5.02 Å². The van der Waals surface area contributed by atoms with Crippen molar-refractivity contribution in [2.45, 2.75) is 18.9 Å². The molecule has 0 unspecified atom stereocenters. The van der Waals surface area contributed by atoms with E-state index in [-0.39, 0.29) is 5.91 Å². The molecule has 1 N–H and O–H groups in total. The molecule has 1 aliphatic heterocycles. The Morgan fingerprint density at radius 2 is 2.33 bits per heavy atom. The van der Waals surface area contributed by atoms with Crippen LogP contribution in [0.4, 0.5) is 0 Å². The number of hydrogen-bond acceptors (Lipinski definition) is 2. The first kappa shape index (κ1) is 13.8. The SMILES string of the molecule is CN[C@@H]1CCCN(C(=O)c2cc(Cl)ccc2Br)C1. The van der Waals surface area contributed by atoms with Gasteiger partial charge in [-0.05, 0) is 54.0 Å². The van der Waals surface area contributed by atoms with Gasteiger partial charge >= 0.3 is 0 Å². The van der Waals surface area contributed by atoms with E-state index in [1.165, 1.54) is 0 Å². The molecule has 0 radical (unpaired) electrons. The van der Waals surface area contributed by atoms with Gasteiger partial charge < -0.3 is 10.2 Å². The van der Waals surface area contributed by atoms with Gasteiger partial charge in [0, 0.05) is 28.6 Å². The average Bonchev–Trinajstić information content (AvgIpc) is 2.41. The van der Waals surface area contributed by atoms with Gasteiger partial charge in [0.25, 0.3) is 5.91 Å². The molecule has 1 saturated heterocycles. The summed E-state index contributed by atoms with van der Waals surface area (Å²) in [5, 5.41) is 3.82. The summed E-state index contributed by atoms with van der Waals surface area (Å²) in [6.45, 7) is 1.57. The molecule has 0 aliphatic carbocycles. The van der Waals surface area contributed by atoms with Gasteiger partial charge in [-0.25, -0.2) is 0 Å². The summed E-state index contributed by atoms with van der Waals surface area (Å²) in [6.07, 6.45) is 2.16. The number of amides is 1. The van der Waals surface area contributed by atoms with Crippen LogP contribution in [0.25, 0.3) is 0 Å². The lowest BCUT2D eigenvalue weighted by molar-refractivity contribution is 0.0697. The number of likely N-dealkylation sites (tertiary alicyclic amines) is 1. The van der Waals surface area contributed by atoms with Gasteiger partial charge in [0.05, 0.1) is 5.56 Å². The molecule has 3 nitrogen and oxygen atoms in total. The highest BCUT2D eigenvalue weighted by Gasteiger charge is 2.24. The van der Waals surface area contributed by atoms with Gasteiger partial charge in [-0.3, -0.25) is 4.79 Å². The number of benzene rings is 1. The van der Waals surface area contributed by atoms with E-state index < -0.39 is 0 Å². The summed E-state index contributed by atoms with van der Waals surface area (Å²) < 4.78 is 0.795. The minimum absolute atomic E-state index is 0.0457. The van der Waals surface area contributed by atoms with Crippen molar-refractivity contribution < 1.29 is 4.79 Å². The molecule has 98 valence electrons. The molecule has 1 heterocycles. The van der Waals surface area contributed by atoms with Gasteiger partial charge in [-0.15, -0.1) is 0 Å². The summed E-state index contributed by atoms with van der Waals surface area (Å²) in [6, 6.07) is 5.70. The second-order valence-corrected chi connectivity index (χ2v) is 5.79. The van der Waals surface area contributed by atoms with E-state index in [9.17, 15) is 4.79 Å². The van der Waals surface area contributed by atoms with Crippen LogP contribution in [-0.2, 0) is 0 Å². The van der Waals surface area contributed by atoms with Crippen LogP contribution < -0.4 is 5.32 Å². The maximum absolute atomic E-state index is 12.4. The predicted octanol–water partition coefficient (Wildman–Crippen LogP) is 2.93. The van der Waals surface area contributed by atoms with Crippen LogP contribution in [-0.4, -0.2) is 37.0 Å².